The van der Waals surface area contributed by atoms with E-state index in [1.165, 1.54) is 24.0 Å². The molecule has 1 atom stereocenters. The molecule has 0 aliphatic carbocycles. The van der Waals surface area contributed by atoms with Crippen molar-refractivity contribution in [2.24, 2.45) is 0 Å². The molecule has 1 unspecified atom stereocenters. The second kappa shape index (κ2) is 6.93. The molecule has 118 valence electrons. The lowest BCUT2D eigenvalue weighted by molar-refractivity contribution is 0.0827. The lowest BCUT2D eigenvalue weighted by atomic mass is 9.95. The number of rotatable bonds is 5. The van der Waals surface area contributed by atoms with Gasteiger partial charge in [-0.3, -0.25) is 4.90 Å². The van der Waals surface area contributed by atoms with Crippen LogP contribution in [0.3, 0.4) is 0 Å². The summed E-state index contributed by atoms with van der Waals surface area (Å²) >= 11 is 0. The maximum absolute atomic E-state index is 3.69. The minimum absolute atomic E-state index is 0.224. The first-order valence-corrected chi connectivity index (χ1v) is 8.49. The van der Waals surface area contributed by atoms with Crippen LogP contribution in [0.4, 0.5) is 0 Å². The van der Waals surface area contributed by atoms with Gasteiger partial charge in [-0.15, -0.1) is 0 Å². The summed E-state index contributed by atoms with van der Waals surface area (Å²) in [6.07, 6.45) is 2.54. The minimum atomic E-state index is 0.224. The molecule has 0 aromatic heterocycles. The topological polar surface area (TPSA) is 15.3 Å². The van der Waals surface area contributed by atoms with Gasteiger partial charge < -0.3 is 5.32 Å². The van der Waals surface area contributed by atoms with Gasteiger partial charge in [0.25, 0.3) is 0 Å². The summed E-state index contributed by atoms with van der Waals surface area (Å²) in [5.74, 6) is 0.616. The molecule has 0 amide bonds. The van der Waals surface area contributed by atoms with E-state index in [9.17, 15) is 0 Å². The van der Waals surface area contributed by atoms with Gasteiger partial charge in [-0.25, -0.2) is 0 Å². The van der Waals surface area contributed by atoms with E-state index in [2.05, 4.69) is 69.1 Å². The van der Waals surface area contributed by atoms with Gasteiger partial charge in [0, 0.05) is 31.2 Å². The van der Waals surface area contributed by atoms with E-state index in [0.717, 1.165) is 19.6 Å². The quantitative estimate of drug-likeness (QED) is 0.875. The van der Waals surface area contributed by atoms with Crippen LogP contribution in [0.2, 0.25) is 0 Å². The fourth-order valence-electron chi connectivity index (χ4n) is 3.26. The van der Waals surface area contributed by atoms with Crippen LogP contribution in [0, 0.1) is 0 Å². The standard InChI is InChI=1S/C19H32N2/c1-6-7-18-12-20-19(4,5)14-21(18)13-16-8-10-17(11-9-16)15(2)3/h8-11,15,18,20H,6-7,12-14H2,1-5H3. The Morgan fingerprint density at radius 1 is 1.24 bits per heavy atom. The van der Waals surface area contributed by atoms with Crippen LogP contribution in [0.1, 0.15) is 64.5 Å². The second-order valence-corrected chi connectivity index (χ2v) is 7.51. The highest BCUT2D eigenvalue weighted by atomic mass is 15.2. The van der Waals surface area contributed by atoms with Crippen LogP contribution in [0.25, 0.3) is 0 Å². The Morgan fingerprint density at radius 2 is 1.90 bits per heavy atom. The first kappa shape index (κ1) is 16.5. The van der Waals surface area contributed by atoms with E-state index >= 15 is 0 Å². The molecule has 21 heavy (non-hydrogen) atoms. The predicted octanol–water partition coefficient (Wildman–Crippen LogP) is 4.16. The van der Waals surface area contributed by atoms with Crippen molar-refractivity contribution in [3.05, 3.63) is 35.4 Å². The van der Waals surface area contributed by atoms with Gasteiger partial charge in [0.1, 0.15) is 0 Å². The van der Waals surface area contributed by atoms with Crippen LogP contribution in [0.15, 0.2) is 24.3 Å². The van der Waals surface area contributed by atoms with Gasteiger partial charge in [-0.05, 0) is 37.3 Å². The molecule has 2 nitrogen and oxygen atoms in total. The molecule has 1 heterocycles. The number of benzene rings is 1. The summed E-state index contributed by atoms with van der Waals surface area (Å²) < 4.78 is 0. The SMILES string of the molecule is CCCC1CNC(C)(C)CN1Cc1ccc(C(C)C)cc1. The van der Waals surface area contributed by atoms with Crippen molar-refractivity contribution in [2.75, 3.05) is 13.1 Å². The van der Waals surface area contributed by atoms with Crippen molar-refractivity contribution in [2.45, 2.75) is 71.5 Å². The van der Waals surface area contributed by atoms with Crippen LogP contribution in [-0.4, -0.2) is 29.6 Å². The third-order valence-corrected chi connectivity index (χ3v) is 4.58. The van der Waals surface area contributed by atoms with Crippen LogP contribution < -0.4 is 5.32 Å². The number of nitrogens with zero attached hydrogens (tertiary/aromatic N) is 1. The van der Waals surface area contributed by atoms with Gasteiger partial charge in [-0.1, -0.05) is 51.5 Å². The summed E-state index contributed by atoms with van der Waals surface area (Å²) in [5, 5.41) is 3.69. The second-order valence-electron chi connectivity index (χ2n) is 7.51. The first-order valence-electron chi connectivity index (χ1n) is 8.49. The molecule has 1 aromatic rings. The van der Waals surface area contributed by atoms with E-state index in [1.807, 2.05) is 0 Å². The van der Waals surface area contributed by atoms with Gasteiger partial charge >= 0.3 is 0 Å². The van der Waals surface area contributed by atoms with Gasteiger partial charge in [0.15, 0.2) is 0 Å². The molecule has 1 N–H and O–H groups in total. The lowest BCUT2D eigenvalue weighted by Gasteiger charge is -2.44. The zero-order chi connectivity index (χ0) is 15.5. The number of hydrogen-bond donors (Lipinski definition) is 1. The van der Waals surface area contributed by atoms with Crippen molar-refractivity contribution in [3.8, 4) is 0 Å². The molecular formula is C19H32N2. The van der Waals surface area contributed by atoms with Crippen molar-refractivity contribution >= 4 is 0 Å². The van der Waals surface area contributed by atoms with E-state index < -0.39 is 0 Å². The van der Waals surface area contributed by atoms with Crippen LogP contribution in [0.5, 0.6) is 0 Å². The molecule has 0 saturated carbocycles. The fourth-order valence-corrected chi connectivity index (χ4v) is 3.26. The van der Waals surface area contributed by atoms with Gasteiger partial charge in [-0.2, -0.15) is 0 Å². The maximum atomic E-state index is 3.69. The van der Waals surface area contributed by atoms with E-state index in [1.54, 1.807) is 0 Å². The number of nitrogens with one attached hydrogen (secondary N) is 1. The normalized spacial score (nSPS) is 22.7. The predicted molar refractivity (Wildman–Crippen MR) is 91.7 cm³/mol. The number of piperazine rings is 1. The zero-order valence-corrected chi connectivity index (χ0v) is 14.4. The van der Waals surface area contributed by atoms with Gasteiger partial charge in [0.2, 0.25) is 0 Å². The highest BCUT2D eigenvalue weighted by Gasteiger charge is 2.31. The van der Waals surface area contributed by atoms with E-state index in [-0.39, 0.29) is 5.54 Å². The first-order chi connectivity index (χ1) is 9.91. The Kier molecular flexibility index (Phi) is 5.45. The molecule has 1 saturated heterocycles. The summed E-state index contributed by atoms with van der Waals surface area (Å²) in [5.41, 5.74) is 3.10. The Morgan fingerprint density at radius 3 is 2.48 bits per heavy atom. The van der Waals surface area contributed by atoms with Crippen LogP contribution >= 0.6 is 0 Å². The summed E-state index contributed by atoms with van der Waals surface area (Å²) in [6, 6.07) is 9.89. The lowest BCUT2D eigenvalue weighted by Crippen LogP contribution is -2.61. The maximum Gasteiger partial charge on any atom is 0.0253 e. The van der Waals surface area contributed by atoms with E-state index in [4.69, 9.17) is 0 Å². The molecule has 1 aliphatic rings. The van der Waals surface area contributed by atoms with Crippen molar-refractivity contribution in [3.63, 3.8) is 0 Å². The minimum Gasteiger partial charge on any atom is -0.309 e. The molecule has 0 spiro atoms. The van der Waals surface area contributed by atoms with Crippen molar-refractivity contribution in [1.29, 1.82) is 0 Å². The highest BCUT2D eigenvalue weighted by Crippen LogP contribution is 2.22. The Bertz CT molecular complexity index is 433. The number of hydrogen-bond acceptors (Lipinski definition) is 2. The van der Waals surface area contributed by atoms with Crippen molar-refractivity contribution in [1.82, 2.24) is 10.2 Å². The molecule has 1 aliphatic heterocycles. The summed E-state index contributed by atoms with van der Waals surface area (Å²) in [4.78, 5) is 2.67. The van der Waals surface area contributed by atoms with Crippen LogP contribution in [-0.2, 0) is 6.54 Å². The summed E-state index contributed by atoms with van der Waals surface area (Å²) in [6.45, 7) is 14.7. The average molecular weight is 288 g/mol. The molecule has 1 fully saturated rings. The molecule has 2 heteroatoms. The van der Waals surface area contributed by atoms with Gasteiger partial charge in [0.05, 0.1) is 0 Å². The van der Waals surface area contributed by atoms with E-state index in [0.29, 0.717) is 12.0 Å². The largest absolute Gasteiger partial charge is 0.309 e. The molecule has 1 aromatic carbocycles. The third-order valence-electron chi connectivity index (χ3n) is 4.58. The Labute approximate surface area is 130 Å². The monoisotopic (exact) mass is 288 g/mol. The smallest absolute Gasteiger partial charge is 0.0253 e. The Balaban J connectivity index is 2.06. The molecule has 0 bridgehead atoms. The average Bonchev–Trinajstić information content (AvgIpc) is 2.42. The Hall–Kier alpha value is -0.860. The fraction of sp³-hybridized carbons (Fsp3) is 0.684. The highest BCUT2D eigenvalue weighted by molar-refractivity contribution is 5.24. The zero-order valence-electron chi connectivity index (χ0n) is 14.4. The summed E-state index contributed by atoms with van der Waals surface area (Å²) in [7, 11) is 0. The third kappa shape index (κ3) is 4.55. The van der Waals surface area contributed by atoms with Crippen molar-refractivity contribution < 1.29 is 0 Å². The molecular weight excluding hydrogens is 256 g/mol. The molecule has 2 rings (SSSR count). The molecule has 0 radical (unpaired) electrons.